The van der Waals surface area contributed by atoms with Gasteiger partial charge < -0.3 is 14.3 Å². The smallest absolute Gasteiger partial charge is 0.124 e. The van der Waals surface area contributed by atoms with Crippen molar-refractivity contribution < 1.29 is 4.52 Å². The topological polar surface area (TPSA) is 32.5 Å². The summed E-state index contributed by atoms with van der Waals surface area (Å²) in [6.45, 7) is 10.2. The molecule has 0 atom stereocenters. The zero-order valence-electron chi connectivity index (χ0n) is 12.8. The maximum absolute atomic E-state index is 4.81. The Bertz CT molecular complexity index is 292. The number of unbranched alkanes of at least 4 members (excludes halogenated alkanes) is 2. The van der Waals surface area contributed by atoms with Crippen LogP contribution in [0, 0.1) is 0 Å². The van der Waals surface area contributed by atoms with Crippen LogP contribution >= 0.6 is 0 Å². The van der Waals surface area contributed by atoms with E-state index in [1.807, 2.05) is 19.9 Å². The highest BCUT2D eigenvalue weighted by Crippen LogP contribution is 2.06. The molecule has 2 rings (SSSR count). The average molecular weight is 267 g/mol. The predicted octanol–water partition coefficient (Wildman–Crippen LogP) is 2.66. The molecule has 0 spiro atoms. The van der Waals surface area contributed by atoms with Crippen molar-refractivity contribution in [3.05, 3.63) is 18.0 Å². The van der Waals surface area contributed by atoms with Crippen molar-refractivity contribution in [3.63, 3.8) is 0 Å². The van der Waals surface area contributed by atoms with Gasteiger partial charge in [0.05, 0.1) is 5.69 Å². The number of hydrogen-bond acceptors (Lipinski definition) is 4. The Labute approximate surface area is 117 Å². The minimum Gasteiger partial charge on any atom is -0.365 e. The molecule has 4 nitrogen and oxygen atoms in total. The standard InChI is InChI=1S/C13H23N3O.C2H6/c1-15-8-10-16(11-9-15)7-4-2-3-5-13-6-12-17-14-13;1-2/h6,12H,2-5,7-11H2,1H3;1-2H3. The van der Waals surface area contributed by atoms with Crippen LogP contribution in [0.3, 0.4) is 0 Å². The van der Waals surface area contributed by atoms with Gasteiger partial charge in [-0.3, -0.25) is 0 Å². The summed E-state index contributed by atoms with van der Waals surface area (Å²) < 4.78 is 4.81. The Balaban J connectivity index is 0.000000861. The van der Waals surface area contributed by atoms with Gasteiger partial charge in [0.1, 0.15) is 6.26 Å². The molecule has 1 saturated heterocycles. The number of rotatable bonds is 6. The normalized spacial score (nSPS) is 17.0. The van der Waals surface area contributed by atoms with Crippen LogP contribution in [0.5, 0.6) is 0 Å². The van der Waals surface area contributed by atoms with Crippen molar-refractivity contribution >= 4 is 0 Å². The second-order valence-electron chi connectivity index (χ2n) is 4.95. The van der Waals surface area contributed by atoms with Crippen molar-refractivity contribution in [2.45, 2.75) is 39.5 Å². The highest BCUT2D eigenvalue weighted by atomic mass is 16.5. The molecule has 0 bridgehead atoms. The maximum atomic E-state index is 4.81. The van der Waals surface area contributed by atoms with Gasteiger partial charge in [0.15, 0.2) is 0 Å². The molecular weight excluding hydrogens is 238 g/mol. The maximum Gasteiger partial charge on any atom is 0.124 e. The number of piperazine rings is 1. The summed E-state index contributed by atoms with van der Waals surface area (Å²) in [6, 6.07) is 1.96. The van der Waals surface area contributed by atoms with Crippen LogP contribution in [0.25, 0.3) is 0 Å². The molecule has 0 saturated carbocycles. The molecule has 1 aromatic rings. The molecule has 1 aliphatic heterocycles. The second kappa shape index (κ2) is 9.98. The van der Waals surface area contributed by atoms with Gasteiger partial charge in [-0.15, -0.1) is 0 Å². The summed E-state index contributed by atoms with van der Waals surface area (Å²) in [6.07, 6.45) is 6.53. The van der Waals surface area contributed by atoms with Crippen molar-refractivity contribution in [1.29, 1.82) is 0 Å². The van der Waals surface area contributed by atoms with Gasteiger partial charge in [-0.05, 0) is 32.9 Å². The first-order chi connectivity index (χ1) is 9.34. The first kappa shape index (κ1) is 16.2. The summed E-state index contributed by atoms with van der Waals surface area (Å²) in [5.74, 6) is 0. The number of hydrogen-bond donors (Lipinski definition) is 0. The van der Waals surface area contributed by atoms with Gasteiger partial charge in [0.2, 0.25) is 0 Å². The van der Waals surface area contributed by atoms with E-state index in [0.717, 1.165) is 12.1 Å². The Morgan fingerprint density at radius 1 is 1.11 bits per heavy atom. The summed E-state index contributed by atoms with van der Waals surface area (Å²) in [7, 11) is 2.20. The third-order valence-corrected chi connectivity index (χ3v) is 3.49. The van der Waals surface area contributed by atoms with Crippen molar-refractivity contribution in [2.75, 3.05) is 39.8 Å². The molecule has 0 aromatic carbocycles. The van der Waals surface area contributed by atoms with Crippen LogP contribution < -0.4 is 0 Å². The van der Waals surface area contributed by atoms with Crippen LogP contribution in [-0.4, -0.2) is 54.7 Å². The molecule has 0 aliphatic carbocycles. The molecule has 19 heavy (non-hydrogen) atoms. The van der Waals surface area contributed by atoms with Gasteiger partial charge in [-0.1, -0.05) is 25.4 Å². The van der Waals surface area contributed by atoms with Crippen LogP contribution in [-0.2, 0) is 6.42 Å². The Morgan fingerprint density at radius 2 is 1.84 bits per heavy atom. The monoisotopic (exact) mass is 267 g/mol. The lowest BCUT2D eigenvalue weighted by Crippen LogP contribution is -2.44. The predicted molar refractivity (Wildman–Crippen MR) is 79.3 cm³/mol. The Hall–Kier alpha value is -0.870. The fourth-order valence-electron chi connectivity index (χ4n) is 2.26. The van der Waals surface area contributed by atoms with Crippen LogP contribution in [0.4, 0.5) is 0 Å². The van der Waals surface area contributed by atoms with Crippen LogP contribution in [0.15, 0.2) is 16.9 Å². The fourth-order valence-corrected chi connectivity index (χ4v) is 2.26. The van der Waals surface area contributed by atoms with E-state index in [1.54, 1.807) is 6.26 Å². The third-order valence-electron chi connectivity index (χ3n) is 3.49. The van der Waals surface area contributed by atoms with Crippen molar-refractivity contribution in [2.24, 2.45) is 0 Å². The van der Waals surface area contributed by atoms with Gasteiger partial charge in [-0.2, -0.15) is 0 Å². The van der Waals surface area contributed by atoms with E-state index in [-0.39, 0.29) is 0 Å². The first-order valence-electron chi connectivity index (χ1n) is 7.65. The molecule has 0 radical (unpaired) electrons. The zero-order valence-corrected chi connectivity index (χ0v) is 12.8. The van der Waals surface area contributed by atoms with Gasteiger partial charge in [0.25, 0.3) is 0 Å². The molecule has 0 amide bonds. The second-order valence-corrected chi connectivity index (χ2v) is 4.95. The van der Waals surface area contributed by atoms with E-state index in [2.05, 4.69) is 22.0 Å². The Morgan fingerprint density at radius 3 is 2.47 bits per heavy atom. The summed E-state index contributed by atoms with van der Waals surface area (Å²) in [4.78, 5) is 4.98. The molecule has 1 aliphatic rings. The summed E-state index contributed by atoms with van der Waals surface area (Å²) in [5.41, 5.74) is 1.09. The molecule has 1 aromatic heterocycles. The molecule has 2 heterocycles. The van der Waals surface area contributed by atoms with E-state index in [4.69, 9.17) is 4.52 Å². The molecule has 4 heteroatoms. The first-order valence-corrected chi connectivity index (χ1v) is 7.65. The van der Waals surface area contributed by atoms with Gasteiger partial charge in [-0.25, -0.2) is 0 Å². The van der Waals surface area contributed by atoms with E-state index in [0.29, 0.717) is 0 Å². The lowest BCUT2D eigenvalue weighted by molar-refractivity contribution is 0.152. The quantitative estimate of drug-likeness (QED) is 0.742. The van der Waals surface area contributed by atoms with Crippen LogP contribution in [0.2, 0.25) is 0 Å². The highest BCUT2D eigenvalue weighted by molar-refractivity contribution is 4.94. The van der Waals surface area contributed by atoms with Gasteiger partial charge >= 0.3 is 0 Å². The lowest BCUT2D eigenvalue weighted by atomic mass is 10.1. The number of aryl methyl sites for hydroxylation is 1. The Kier molecular flexibility index (Phi) is 8.50. The summed E-state index contributed by atoms with van der Waals surface area (Å²) in [5, 5.41) is 3.92. The largest absolute Gasteiger partial charge is 0.365 e. The molecule has 0 N–H and O–H groups in total. The van der Waals surface area contributed by atoms with Crippen molar-refractivity contribution in [3.8, 4) is 0 Å². The van der Waals surface area contributed by atoms with Gasteiger partial charge in [0, 0.05) is 32.2 Å². The zero-order chi connectivity index (χ0) is 13.9. The molecule has 1 fully saturated rings. The molecular formula is C15H29N3O. The SMILES string of the molecule is CC.CN1CCN(CCCCCc2ccon2)CC1. The van der Waals surface area contributed by atoms with Crippen molar-refractivity contribution in [1.82, 2.24) is 15.0 Å². The lowest BCUT2D eigenvalue weighted by Gasteiger charge is -2.32. The van der Waals surface area contributed by atoms with E-state index in [1.165, 1.54) is 52.0 Å². The highest BCUT2D eigenvalue weighted by Gasteiger charge is 2.12. The average Bonchev–Trinajstić information content (AvgIpc) is 2.96. The van der Waals surface area contributed by atoms with Crippen LogP contribution in [0.1, 0.15) is 38.8 Å². The molecule has 0 unspecified atom stereocenters. The number of aromatic nitrogens is 1. The van der Waals surface area contributed by atoms with E-state index < -0.39 is 0 Å². The van der Waals surface area contributed by atoms with E-state index in [9.17, 15) is 0 Å². The number of nitrogens with zero attached hydrogens (tertiary/aromatic N) is 3. The minimum absolute atomic E-state index is 1.05. The summed E-state index contributed by atoms with van der Waals surface area (Å²) >= 11 is 0. The third kappa shape index (κ3) is 6.73. The fraction of sp³-hybridized carbons (Fsp3) is 0.800. The molecule has 110 valence electrons. The minimum atomic E-state index is 1.05. The van der Waals surface area contributed by atoms with E-state index >= 15 is 0 Å². The number of likely N-dealkylation sites (N-methyl/N-ethyl adjacent to an activating group) is 1.